The Balaban J connectivity index is 1.66. The van der Waals surface area contributed by atoms with Gasteiger partial charge in [-0.15, -0.1) is 0 Å². The molecule has 2 N–H and O–H groups in total. The number of phenolic OH excluding ortho intramolecular Hbond substituents is 1. The van der Waals surface area contributed by atoms with Crippen LogP contribution in [0.2, 0.25) is 0 Å². The van der Waals surface area contributed by atoms with E-state index >= 15 is 0 Å². The summed E-state index contributed by atoms with van der Waals surface area (Å²) in [6.07, 6.45) is 0.987. The molecule has 0 saturated heterocycles. The number of benzene rings is 2. The van der Waals surface area contributed by atoms with Gasteiger partial charge in [-0.25, -0.2) is 0 Å². The first-order valence-electron chi connectivity index (χ1n) is 6.92. The highest BCUT2D eigenvalue weighted by atomic mass is 16.5. The van der Waals surface area contributed by atoms with E-state index < -0.39 is 0 Å². The van der Waals surface area contributed by atoms with E-state index in [0.29, 0.717) is 18.2 Å². The van der Waals surface area contributed by atoms with Crippen molar-refractivity contribution in [3.05, 3.63) is 59.2 Å². The van der Waals surface area contributed by atoms with Gasteiger partial charge >= 0.3 is 0 Å². The molecule has 0 saturated carbocycles. The number of phenols is 1. The van der Waals surface area contributed by atoms with Crippen LogP contribution in [0.25, 0.3) is 0 Å². The Morgan fingerprint density at radius 3 is 2.90 bits per heavy atom. The Bertz CT molecular complexity index is 681. The Labute approximate surface area is 123 Å². The Morgan fingerprint density at radius 1 is 1.33 bits per heavy atom. The van der Waals surface area contributed by atoms with E-state index in [1.54, 1.807) is 12.1 Å². The summed E-state index contributed by atoms with van der Waals surface area (Å²) in [7, 11) is 1.53. The average Bonchev–Trinajstić information content (AvgIpc) is 2.48. The fraction of sp³-hybridized carbons (Fsp3) is 0.235. The summed E-state index contributed by atoms with van der Waals surface area (Å²) in [6, 6.07) is 12.9. The Hall–Kier alpha value is -2.49. The van der Waals surface area contributed by atoms with Crippen LogP contribution in [0.15, 0.2) is 42.5 Å². The van der Waals surface area contributed by atoms with Crippen LogP contribution < -0.4 is 10.1 Å². The molecule has 1 aliphatic rings. The van der Waals surface area contributed by atoms with Crippen molar-refractivity contribution in [1.29, 1.82) is 0 Å². The molecule has 4 nitrogen and oxygen atoms in total. The summed E-state index contributed by atoms with van der Waals surface area (Å²) in [5, 5.41) is 12.7. The molecule has 1 unspecified atom stereocenters. The van der Waals surface area contributed by atoms with Crippen molar-refractivity contribution < 1.29 is 14.6 Å². The third kappa shape index (κ3) is 2.57. The van der Waals surface area contributed by atoms with Gasteiger partial charge in [-0.2, -0.15) is 0 Å². The zero-order valence-electron chi connectivity index (χ0n) is 11.8. The zero-order valence-corrected chi connectivity index (χ0v) is 11.8. The van der Waals surface area contributed by atoms with Gasteiger partial charge in [0.25, 0.3) is 5.91 Å². The largest absolute Gasteiger partial charge is 0.507 e. The molecule has 0 bridgehead atoms. The molecule has 0 radical (unpaired) electrons. The second-order valence-electron chi connectivity index (χ2n) is 5.19. The lowest BCUT2D eigenvalue weighted by Crippen LogP contribution is -2.33. The number of methoxy groups -OCH3 is 1. The topological polar surface area (TPSA) is 58.6 Å². The lowest BCUT2D eigenvalue weighted by atomic mass is 9.77. The number of ether oxygens (including phenoxy) is 1. The Kier molecular flexibility index (Phi) is 3.52. The SMILES string of the molecule is COc1ccc(O)c(C(=O)NCC2Cc3ccccc32)c1. The van der Waals surface area contributed by atoms with Gasteiger partial charge in [0.05, 0.1) is 12.7 Å². The van der Waals surface area contributed by atoms with E-state index in [4.69, 9.17) is 4.74 Å². The van der Waals surface area contributed by atoms with Crippen LogP contribution in [0.1, 0.15) is 27.4 Å². The van der Waals surface area contributed by atoms with E-state index in [9.17, 15) is 9.90 Å². The minimum atomic E-state index is -0.282. The summed E-state index contributed by atoms with van der Waals surface area (Å²) in [6.45, 7) is 0.576. The number of nitrogens with one attached hydrogen (secondary N) is 1. The van der Waals surface area contributed by atoms with Gasteiger partial charge in [-0.05, 0) is 35.7 Å². The van der Waals surface area contributed by atoms with Gasteiger partial charge < -0.3 is 15.2 Å². The molecule has 1 amide bonds. The predicted octanol–water partition coefficient (Wildman–Crippen LogP) is 2.47. The molecule has 3 rings (SSSR count). The van der Waals surface area contributed by atoms with Crippen molar-refractivity contribution in [2.45, 2.75) is 12.3 Å². The lowest BCUT2D eigenvalue weighted by Gasteiger charge is -2.30. The molecule has 0 heterocycles. The van der Waals surface area contributed by atoms with E-state index in [0.717, 1.165) is 6.42 Å². The molecule has 1 atom stereocenters. The van der Waals surface area contributed by atoms with Crippen molar-refractivity contribution in [3.8, 4) is 11.5 Å². The number of rotatable bonds is 4. The summed E-state index contributed by atoms with van der Waals surface area (Å²) < 4.78 is 5.07. The minimum absolute atomic E-state index is 0.0395. The maximum absolute atomic E-state index is 12.2. The first-order chi connectivity index (χ1) is 10.2. The maximum atomic E-state index is 12.2. The summed E-state index contributed by atoms with van der Waals surface area (Å²) in [4.78, 5) is 12.2. The second kappa shape index (κ2) is 5.48. The standard InChI is InChI=1S/C17H17NO3/c1-21-13-6-7-16(19)15(9-13)17(20)18-10-12-8-11-4-2-3-5-14(11)12/h2-7,9,12,19H,8,10H2,1H3,(H,18,20). The molecule has 108 valence electrons. The summed E-state index contributed by atoms with van der Waals surface area (Å²) >= 11 is 0. The molecule has 21 heavy (non-hydrogen) atoms. The minimum Gasteiger partial charge on any atom is -0.507 e. The lowest BCUT2D eigenvalue weighted by molar-refractivity contribution is 0.0947. The highest BCUT2D eigenvalue weighted by Gasteiger charge is 2.26. The first kappa shape index (κ1) is 13.5. The van der Waals surface area contributed by atoms with Gasteiger partial charge in [0.15, 0.2) is 0 Å². The van der Waals surface area contributed by atoms with Crippen molar-refractivity contribution >= 4 is 5.91 Å². The number of carbonyl (C=O) groups is 1. The number of hydrogen-bond acceptors (Lipinski definition) is 3. The molecule has 0 fully saturated rings. The van der Waals surface area contributed by atoms with E-state index in [1.165, 1.54) is 24.3 Å². The average molecular weight is 283 g/mol. The number of amides is 1. The van der Waals surface area contributed by atoms with E-state index in [2.05, 4.69) is 17.4 Å². The smallest absolute Gasteiger partial charge is 0.255 e. The fourth-order valence-corrected chi connectivity index (χ4v) is 2.68. The molecule has 1 aliphatic carbocycles. The number of carbonyl (C=O) groups excluding carboxylic acids is 1. The Morgan fingerprint density at radius 2 is 2.14 bits per heavy atom. The molecule has 0 spiro atoms. The van der Waals surface area contributed by atoms with Gasteiger partial charge in [0.2, 0.25) is 0 Å². The van der Waals surface area contributed by atoms with Crippen molar-refractivity contribution in [2.75, 3.05) is 13.7 Å². The number of aromatic hydroxyl groups is 1. The van der Waals surface area contributed by atoms with Gasteiger partial charge in [-0.1, -0.05) is 24.3 Å². The normalized spacial score (nSPS) is 15.8. The van der Waals surface area contributed by atoms with Crippen LogP contribution in [0.5, 0.6) is 11.5 Å². The fourth-order valence-electron chi connectivity index (χ4n) is 2.68. The van der Waals surface area contributed by atoms with E-state index in [1.807, 2.05) is 12.1 Å². The molecular weight excluding hydrogens is 266 g/mol. The van der Waals surface area contributed by atoms with Crippen LogP contribution in [0.4, 0.5) is 0 Å². The quantitative estimate of drug-likeness (QED) is 0.906. The van der Waals surface area contributed by atoms with Crippen molar-refractivity contribution in [2.24, 2.45) is 0 Å². The molecule has 2 aromatic rings. The molecule has 2 aromatic carbocycles. The highest BCUT2D eigenvalue weighted by molar-refractivity contribution is 5.97. The van der Waals surface area contributed by atoms with Crippen LogP contribution in [0, 0.1) is 0 Å². The van der Waals surface area contributed by atoms with Crippen molar-refractivity contribution in [1.82, 2.24) is 5.32 Å². The first-order valence-corrected chi connectivity index (χ1v) is 6.92. The van der Waals surface area contributed by atoms with Crippen LogP contribution in [0.3, 0.4) is 0 Å². The van der Waals surface area contributed by atoms with Gasteiger partial charge in [-0.3, -0.25) is 4.79 Å². The predicted molar refractivity (Wildman–Crippen MR) is 79.9 cm³/mol. The van der Waals surface area contributed by atoms with Crippen LogP contribution >= 0.6 is 0 Å². The van der Waals surface area contributed by atoms with E-state index in [-0.39, 0.29) is 17.2 Å². The van der Waals surface area contributed by atoms with Crippen molar-refractivity contribution in [3.63, 3.8) is 0 Å². The van der Waals surface area contributed by atoms with Gasteiger partial charge in [0, 0.05) is 12.5 Å². The van der Waals surface area contributed by atoms with Gasteiger partial charge in [0.1, 0.15) is 11.5 Å². The monoisotopic (exact) mass is 283 g/mol. The maximum Gasteiger partial charge on any atom is 0.255 e. The zero-order chi connectivity index (χ0) is 14.8. The third-order valence-corrected chi connectivity index (χ3v) is 3.92. The molecule has 0 aliphatic heterocycles. The van der Waals surface area contributed by atoms with Crippen LogP contribution in [-0.2, 0) is 6.42 Å². The number of fused-ring (bicyclic) bond motifs is 1. The summed E-state index contributed by atoms with van der Waals surface area (Å²) in [5.41, 5.74) is 2.88. The summed E-state index contributed by atoms with van der Waals surface area (Å²) in [5.74, 6) is 0.586. The highest BCUT2D eigenvalue weighted by Crippen LogP contribution is 2.34. The van der Waals surface area contributed by atoms with Crippen LogP contribution in [-0.4, -0.2) is 24.7 Å². The second-order valence-corrected chi connectivity index (χ2v) is 5.19. The third-order valence-electron chi connectivity index (χ3n) is 3.92. The molecule has 0 aromatic heterocycles. The number of hydrogen-bond donors (Lipinski definition) is 2. The molecular formula is C17H17NO3. The molecule has 4 heteroatoms.